The van der Waals surface area contributed by atoms with Crippen molar-refractivity contribution in [3.8, 4) is 0 Å². The van der Waals surface area contributed by atoms with Gasteiger partial charge >= 0.3 is 12.1 Å². The molecule has 0 aliphatic carbocycles. The first-order valence-electron chi connectivity index (χ1n) is 8.85. The number of nitrogens with zero attached hydrogens (tertiary/aromatic N) is 2. The van der Waals surface area contributed by atoms with Crippen LogP contribution in [-0.2, 0) is 4.74 Å². The van der Waals surface area contributed by atoms with E-state index >= 15 is 0 Å². The number of urea groups is 1. The van der Waals surface area contributed by atoms with Gasteiger partial charge in [-0.1, -0.05) is 36.4 Å². The predicted molar refractivity (Wildman–Crippen MR) is 102 cm³/mol. The summed E-state index contributed by atoms with van der Waals surface area (Å²) in [7, 11) is 0. The van der Waals surface area contributed by atoms with E-state index in [1.165, 1.54) is 0 Å². The van der Waals surface area contributed by atoms with E-state index in [0.29, 0.717) is 26.2 Å². The van der Waals surface area contributed by atoms with Crippen LogP contribution in [0.5, 0.6) is 0 Å². The van der Waals surface area contributed by atoms with Gasteiger partial charge in [-0.15, -0.1) is 0 Å². The van der Waals surface area contributed by atoms with Gasteiger partial charge in [-0.3, -0.25) is 0 Å². The summed E-state index contributed by atoms with van der Waals surface area (Å²) in [4.78, 5) is 28.1. The number of carbonyl (C=O) groups excluding carboxylic acids is 2. The third-order valence-electron chi connectivity index (χ3n) is 4.25. The minimum absolute atomic E-state index is 0.148. The summed E-state index contributed by atoms with van der Waals surface area (Å²) in [6.45, 7) is 7.44. The van der Waals surface area contributed by atoms with Gasteiger partial charge in [0.25, 0.3) is 0 Å². The maximum atomic E-state index is 12.6. The van der Waals surface area contributed by atoms with E-state index in [0.717, 1.165) is 16.5 Å². The van der Waals surface area contributed by atoms with Gasteiger partial charge in [-0.25, -0.2) is 9.59 Å². The molecule has 6 heteroatoms. The van der Waals surface area contributed by atoms with E-state index in [4.69, 9.17) is 4.74 Å². The molecular formula is C20H25N3O3. The van der Waals surface area contributed by atoms with Crippen LogP contribution in [0.2, 0.25) is 0 Å². The van der Waals surface area contributed by atoms with Crippen LogP contribution in [-0.4, -0.2) is 53.7 Å². The minimum atomic E-state index is -0.514. The molecule has 2 aromatic rings. The van der Waals surface area contributed by atoms with Crippen LogP contribution in [0.15, 0.2) is 42.5 Å². The molecule has 0 unspecified atom stereocenters. The van der Waals surface area contributed by atoms with E-state index in [2.05, 4.69) is 5.32 Å². The summed E-state index contributed by atoms with van der Waals surface area (Å²) in [6, 6.07) is 13.6. The summed E-state index contributed by atoms with van der Waals surface area (Å²) in [5.74, 6) is 0. The van der Waals surface area contributed by atoms with E-state index in [1.54, 1.807) is 9.80 Å². The maximum Gasteiger partial charge on any atom is 0.410 e. The molecule has 1 aliphatic rings. The van der Waals surface area contributed by atoms with Crippen LogP contribution in [0.25, 0.3) is 10.8 Å². The normalized spacial score (nSPS) is 15.0. The number of amides is 3. The van der Waals surface area contributed by atoms with E-state index in [-0.39, 0.29) is 12.1 Å². The Morgan fingerprint density at radius 2 is 1.54 bits per heavy atom. The molecule has 0 bridgehead atoms. The van der Waals surface area contributed by atoms with Crippen molar-refractivity contribution in [3.63, 3.8) is 0 Å². The predicted octanol–water partition coefficient (Wildman–Crippen LogP) is 3.92. The van der Waals surface area contributed by atoms with Gasteiger partial charge in [0, 0.05) is 31.6 Å². The van der Waals surface area contributed by atoms with Crippen LogP contribution in [0.3, 0.4) is 0 Å². The van der Waals surface area contributed by atoms with Crippen LogP contribution in [0, 0.1) is 0 Å². The molecule has 0 aromatic heterocycles. The number of benzene rings is 2. The Hall–Kier alpha value is -2.76. The zero-order valence-electron chi connectivity index (χ0n) is 15.5. The highest BCUT2D eigenvalue weighted by Gasteiger charge is 2.27. The number of piperazine rings is 1. The molecule has 3 amide bonds. The van der Waals surface area contributed by atoms with Crippen molar-refractivity contribution in [1.29, 1.82) is 0 Å². The molecule has 0 radical (unpaired) electrons. The number of anilines is 1. The average Bonchev–Trinajstić information content (AvgIpc) is 2.61. The van der Waals surface area contributed by atoms with Crippen LogP contribution >= 0.6 is 0 Å². The molecule has 26 heavy (non-hydrogen) atoms. The lowest BCUT2D eigenvalue weighted by molar-refractivity contribution is 0.0174. The van der Waals surface area contributed by atoms with Crippen molar-refractivity contribution in [3.05, 3.63) is 42.5 Å². The Kier molecular flexibility index (Phi) is 5.02. The Balaban J connectivity index is 1.59. The number of fused-ring (bicyclic) bond motifs is 1. The van der Waals surface area contributed by atoms with Crippen molar-refractivity contribution in [2.45, 2.75) is 26.4 Å². The molecule has 0 saturated carbocycles. The highest BCUT2D eigenvalue weighted by atomic mass is 16.6. The summed E-state index contributed by atoms with van der Waals surface area (Å²) in [5.41, 5.74) is 0.280. The fourth-order valence-corrected chi connectivity index (χ4v) is 2.95. The second-order valence-corrected chi connectivity index (χ2v) is 7.41. The second-order valence-electron chi connectivity index (χ2n) is 7.41. The molecule has 1 saturated heterocycles. The van der Waals surface area contributed by atoms with Crippen molar-refractivity contribution in [2.75, 3.05) is 31.5 Å². The van der Waals surface area contributed by atoms with Crippen LogP contribution < -0.4 is 5.32 Å². The smallest absolute Gasteiger partial charge is 0.410 e. The summed E-state index contributed by atoms with van der Waals surface area (Å²) in [6.07, 6.45) is -0.327. The minimum Gasteiger partial charge on any atom is -0.444 e. The first-order chi connectivity index (χ1) is 12.3. The van der Waals surface area contributed by atoms with Crippen molar-refractivity contribution in [2.24, 2.45) is 0 Å². The third kappa shape index (κ3) is 4.25. The van der Waals surface area contributed by atoms with E-state index in [1.807, 2.05) is 63.2 Å². The molecule has 0 spiro atoms. The average molecular weight is 355 g/mol. The zero-order chi connectivity index (χ0) is 18.7. The molecule has 1 heterocycles. The second kappa shape index (κ2) is 7.23. The first kappa shape index (κ1) is 18.0. The number of ether oxygens (including phenoxy) is 1. The quantitative estimate of drug-likeness (QED) is 0.843. The van der Waals surface area contributed by atoms with Crippen LogP contribution in [0.4, 0.5) is 15.3 Å². The topological polar surface area (TPSA) is 61.9 Å². The number of nitrogens with one attached hydrogen (secondary N) is 1. The summed E-state index contributed by atoms with van der Waals surface area (Å²) in [5, 5.41) is 5.08. The maximum absolute atomic E-state index is 12.6. The molecule has 1 N–H and O–H groups in total. The SMILES string of the molecule is CC(C)(C)OC(=O)N1CCN(C(=O)Nc2cccc3ccccc23)CC1. The van der Waals surface area contributed by atoms with Gasteiger partial charge < -0.3 is 19.9 Å². The molecule has 3 rings (SSSR count). The fraction of sp³-hybridized carbons (Fsp3) is 0.400. The number of carbonyl (C=O) groups is 2. The first-order valence-corrected chi connectivity index (χ1v) is 8.85. The van der Waals surface area contributed by atoms with Gasteiger partial charge in [-0.05, 0) is 32.2 Å². The lowest BCUT2D eigenvalue weighted by atomic mass is 10.1. The Morgan fingerprint density at radius 3 is 2.23 bits per heavy atom. The summed E-state index contributed by atoms with van der Waals surface area (Å²) >= 11 is 0. The Bertz CT molecular complexity index is 800. The van der Waals surface area contributed by atoms with Crippen molar-refractivity contribution in [1.82, 2.24) is 9.80 Å². The fourth-order valence-electron chi connectivity index (χ4n) is 2.95. The van der Waals surface area contributed by atoms with Crippen molar-refractivity contribution < 1.29 is 14.3 Å². The third-order valence-corrected chi connectivity index (χ3v) is 4.25. The van der Waals surface area contributed by atoms with E-state index in [9.17, 15) is 9.59 Å². The monoisotopic (exact) mass is 355 g/mol. The molecule has 138 valence electrons. The number of hydrogen-bond donors (Lipinski definition) is 1. The largest absolute Gasteiger partial charge is 0.444 e. The number of rotatable bonds is 1. The van der Waals surface area contributed by atoms with Gasteiger partial charge in [0.2, 0.25) is 0 Å². The molecule has 1 aliphatic heterocycles. The molecule has 0 atom stereocenters. The zero-order valence-corrected chi connectivity index (χ0v) is 15.5. The standard InChI is InChI=1S/C20H25N3O3/c1-20(2,3)26-19(25)23-13-11-22(12-14-23)18(24)21-17-10-6-8-15-7-4-5-9-16(15)17/h4-10H,11-14H2,1-3H3,(H,21,24). The van der Waals surface area contributed by atoms with E-state index < -0.39 is 5.60 Å². The molecule has 1 fully saturated rings. The number of hydrogen-bond acceptors (Lipinski definition) is 3. The van der Waals surface area contributed by atoms with Gasteiger partial charge in [0.1, 0.15) is 5.60 Å². The highest BCUT2D eigenvalue weighted by Crippen LogP contribution is 2.23. The molecule has 6 nitrogen and oxygen atoms in total. The van der Waals surface area contributed by atoms with Gasteiger partial charge in [0.15, 0.2) is 0 Å². The highest BCUT2D eigenvalue weighted by molar-refractivity contribution is 6.01. The molecular weight excluding hydrogens is 330 g/mol. The lowest BCUT2D eigenvalue weighted by Gasteiger charge is -2.35. The summed E-state index contributed by atoms with van der Waals surface area (Å²) < 4.78 is 5.38. The van der Waals surface area contributed by atoms with Gasteiger partial charge in [0.05, 0.1) is 5.69 Å². The molecule has 2 aromatic carbocycles. The Labute approximate surface area is 153 Å². The lowest BCUT2D eigenvalue weighted by Crippen LogP contribution is -2.52. The van der Waals surface area contributed by atoms with Crippen molar-refractivity contribution >= 4 is 28.6 Å². The van der Waals surface area contributed by atoms with Gasteiger partial charge in [-0.2, -0.15) is 0 Å². The van der Waals surface area contributed by atoms with Crippen LogP contribution in [0.1, 0.15) is 20.8 Å². The Morgan fingerprint density at radius 1 is 0.923 bits per heavy atom.